The third-order valence-corrected chi connectivity index (χ3v) is 2.95. The molecule has 0 aromatic heterocycles. The van der Waals surface area contributed by atoms with Crippen molar-refractivity contribution >= 4 is 47.0 Å². The molecule has 70 valence electrons. The maximum atomic E-state index is 11.4. The van der Waals surface area contributed by atoms with E-state index in [4.69, 9.17) is 0 Å². The van der Waals surface area contributed by atoms with E-state index in [9.17, 15) is 4.79 Å². The third-order valence-electron chi connectivity index (χ3n) is 1.62. The monoisotopic (exact) mass is 276 g/mol. The van der Waals surface area contributed by atoms with Gasteiger partial charge in [0.05, 0.1) is 0 Å². The molecule has 13 heavy (non-hydrogen) atoms. The van der Waals surface area contributed by atoms with Crippen molar-refractivity contribution < 1.29 is 4.79 Å². The fraction of sp³-hybridized carbons (Fsp3) is 0.222. The fourth-order valence-electron chi connectivity index (χ4n) is 0.927. The van der Waals surface area contributed by atoms with Crippen molar-refractivity contribution in [2.75, 3.05) is 5.33 Å². The molecular formula is C9H9BrOS2. The molecule has 0 saturated heterocycles. The SMILES string of the molecule is O=C(CCBr)c1ccc(S)c(S)c1. The van der Waals surface area contributed by atoms with Crippen LogP contribution in [0.3, 0.4) is 0 Å². The van der Waals surface area contributed by atoms with Gasteiger partial charge in [-0.05, 0) is 12.1 Å². The zero-order chi connectivity index (χ0) is 9.84. The lowest BCUT2D eigenvalue weighted by atomic mass is 10.1. The number of carbonyl (C=O) groups excluding carboxylic acids is 1. The quantitative estimate of drug-likeness (QED) is 0.493. The average molecular weight is 277 g/mol. The van der Waals surface area contributed by atoms with Crippen LogP contribution in [0.1, 0.15) is 16.8 Å². The number of hydrogen-bond donors (Lipinski definition) is 2. The molecular weight excluding hydrogens is 268 g/mol. The normalized spacial score (nSPS) is 10.1. The molecule has 0 radical (unpaired) electrons. The van der Waals surface area contributed by atoms with Gasteiger partial charge in [0.15, 0.2) is 5.78 Å². The predicted molar refractivity (Wildman–Crippen MR) is 63.7 cm³/mol. The highest BCUT2D eigenvalue weighted by atomic mass is 79.9. The van der Waals surface area contributed by atoms with E-state index in [0.29, 0.717) is 17.3 Å². The van der Waals surface area contributed by atoms with E-state index in [1.165, 1.54) is 0 Å². The summed E-state index contributed by atoms with van der Waals surface area (Å²) >= 11 is 11.6. The highest BCUT2D eigenvalue weighted by molar-refractivity contribution is 9.09. The number of Topliss-reactive ketones (excluding diaryl/α,β-unsaturated/α-hetero) is 1. The fourth-order valence-corrected chi connectivity index (χ4v) is 1.64. The second-order valence-corrected chi connectivity index (χ2v) is 4.32. The topological polar surface area (TPSA) is 17.1 Å². The molecule has 4 heteroatoms. The molecule has 0 spiro atoms. The Morgan fingerprint density at radius 1 is 1.31 bits per heavy atom. The summed E-state index contributed by atoms with van der Waals surface area (Å²) in [5.41, 5.74) is 0.697. The van der Waals surface area contributed by atoms with Crippen molar-refractivity contribution in [3.63, 3.8) is 0 Å². The summed E-state index contributed by atoms with van der Waals surface area (Å²) < 4.78 is 0. The van der Waals surface area contributed by atoms with Crippen molar-refractivity contribution in [3.05, 3.63) is 23.8 Å². The number of hydrogen-bond acceptors (Lipinski definition) is 3. The Bertz CT molecular complexity index is 325. The molecule has 0 N–H and O–H groups in total. The van der Waals surface area contributed by atoms with Crippen LogP contribution in [-0.2, 0) is 0 Å². The van der Waals surface area contributed by atoms with Crippen molar-refractivity contribution in [1.29, 1.82) is 0 Å². The maximum Gasteiger partial charge on any atom is 0.163 e. The first-order valence-electron chi connectivity index (χ1n) is 3.76. The van der Waals surface area contributed by atoms with Gasteiger partial charge in [-0.1, -0.05) is 22.0 Å². The molecule has 1 aromatic rings. The summed E-state index contributed by atoms with van der Waals surface area (Å²) in [5.74, 6) is 0.125. The van der Waals surface area contributed by atoms with Gasteiger partial charge in [-0.3, -0.25) is 4.79 Å². The van der Waals surface area contributed by atoms with E-state index in [-0.39, 0.29) is 5.78 Å². The van der Waals surface area contributed by atoms with Gasteiger partial charge in [0.25, 0.3) is 0 Å². The molecule has 0 aliphatic rings. The summed E-state index contributed by atoms with van der Waals surface area (Å²) in [6, 6.07) is 5.30. The number of thiol groups is 2. The second kappa shape index (κ2) is 5.08. The Hall–Kier alpha value is 0.0700. The lowest BCUT2D eigenvalue weighted by Gasteiger charge is -2.01. The van der Waals surface area contributed by atoms with Crippen LogP contribution in [0.15, 0.2) is 28.0 Å². The van der Waals surface area contributed by atoms with Crippen molar-refractivity contribution in [2.24, 2.45) is 0 Å². The van der Waals surface area contributed by atoms with E-state index in [0.717, 1.165) is 9.79 Å². The molecule has 1 aromatic carbocycles. The van der Waals surface area contributed by atoms with Gasteiger partial charge in [-0.25, -0.2) is 0 Å². The third kappa shape index (κ3) is 3.04. The number of halogens is 1. The molecule has 0 atom stereocenters. The lowest BCUT2D eigenvalue weighted by Crippen LogP contribution is -1.99. The molecule has 0 aliphatic heterocycles. The largest absolute Gasteiger partial charge is 0.294 e. The van der Waals surface area contributed by atoms with Crippen LogP contribution >= 0.6 is 41.2 Å². The summed E-state index contributed by atoms with van der Waals surface area (Å²) in [6.07, 6.45) is 0.513. The molecule has 0 bridgehead atoms. The standard InChI is InChI=1S/C9H9BrOS2/c10-4-3-7(11)6-1-2-8(12)9(13)5-6/h1-2,5,12-13H,3-4H2. The van der Waals surface area contributed by atoms with Crippen LogP contribution in [0, 0.1) is 0 Å². The summed E-state index contributed by atoms with van der Waals surface area (Å²) in [4.78, 5) is 12.9. The molecule has 0 amide bonds. The van der Waals surface area contributed by atoms with Gasteiger partial charge in [0, 0.05) is 27.1 Å². The number of alkyl halides is 1. The van der Waals surface area contributed by atoms with Gasteiger partial charge >= 0.3 is 0 Å². The lowest BCUT2D eigenvalue weighted by molar-refractivity contribution is 0.0989. The van der Waals surface area contributed by atoms with Crippen LogP contribution in [0.4, 0.5) is 0 Å². The van der Waals surface area contributed by atoms with Crippen molar-refractivity contribution in [2.45, 2.75) is 16.2 Å². The zero-order valence-corrected chi connectivity index (χ0v) is 10.2. The van der Waals surface area contributed by atoms with E-state index in [1.807, 2.05) is 0 Å². The number of benzene rings is 1. The van der Waals surface area contributed by atoms with Crippen LogP contribution in [-0.4, -0.2) is 11.1 Å². The smallest absolute Gasteiger partial charge is 0.163 e. The zero-order valence-electron chi connectivity index (χ0n) is 6.83. The first-order valence-corrected chi connectivity index (χ1v) is 5.78. The summed E-state index contributed by atoms with van der Waals surface area (Å²) in [7, 11) is 0. The van der Waals surface area contributed by atoms with Crippen LogP contribution in [0.5, 0.6) is 0 Å². The molecule has 0 aliphatic carbocycles. The molecule has 1 nitrogen and oxygen atoms in total. The van der Waals surface area contributed by atoms with Gasteiger partial charge in [-0.15, -0.1) is 25.3 Å². The summed E-state index contributed by atoms with van der Waals surface area (Å²) in [6.45, 7) is 0. The number of rotatable bonds is 3. The van der Waals surface area contributed by atoms with E-state index in [2.05, 4.69) is 41.2 Å². The highest BCUT2D eigenvalue weighted by Crippen LogP contribution is 2.20. The minimum absolute atomic E-state index is 0.125. The molecule has 0 fully saturated rings. The van der Waals surface area contributed by atoms with Gasteiger partial charge < -0.3 is 0 Å². The minimum Gasteiger partial charge on any atom is -0.294 e. The van der Waals surface area contributed by atoms with E-state index < -0.39 is 0 Å². The Labute approximate surface area is 96.9 Å². The van der Waals surface area contributed by atoms with E-state index in [1.54, 1.807) is 18.2 Å². The Morgan fingerprint density at radius 2 is 2.00 bits per heavy atom. The second-order valence-electron chi connectivity index (χ2n) is 2.57. The van der Waals surface area contributed by atoms with E-state index >= 15 is 0 Å². The highest BCUT2D eigenvalue weighted by Gasteiger charge is 2.05. The summed E-state index contributed by atoms with van der Waals surface area (Å²) in [5, 5.41) is 0.691. The van der Waals surface area contributed by atoms with Gasteiger partial charge in [0.1, 0.15) is 0 Å². The van der Waals surface area contributed by atoms with Crippen molar-refractivity contribution in [1.82, 2.24) is 0 Å². The first-order chi connectivity index (χ1) is 6.15. The number of carbonyl (C=O) groups is 1. The van der Waals surface area contributed by atoms with Gasteiger partial charge in [-0.2, -0.15) is 0 Å². The first kappa shape index (κ1) is 11.1. The Balaban J connectivity index is 2.90. The number of ketones is 1. The predicted octanol–water partition coefficient (Wildman–Crippen LogP) is 3.23. The Morgan fingerprint density at radius 3 is 2.54 bits per heavy atom. The van der Waals surface area contributed by atoms with Crippen LogP contribution in [0.25, 0.3) is 0 Å². The Kier molecular flexibility index (Phi) is 4.35. The van der Waals surface area contributed by atoms with Crippen LogP contribution in [0.2, 0.25) is 0 Å². The maximum absolute atomic E-state index is 11.4. The molecule has 0 unspecified atom stereocenters. The van der Waals surface area contributed by atoms with Gasteiger partial charge in [0.2, 0.25) is 0 Å². The molecule has 0 heterocycles. The molecule has 1 rings (SSSR count). The average Bonchev–Trinajstić information content (AvgIpc) is 2.10. The molecule has 0 saturated carbocycles. The minimum atomic E-state index is 0.125. The van der Waals surface area contributed by atoms with Crippen LogP contribution < -0.4 is 0 Å². The van der Waals surface area contributed by atoms with Crippen molar-refractivity contribution in [3.8, 4) is 0 Å².